The van der Waals surface area contributed by atoms with Gasteiger partial charge in [0.1, 0.15) is 5.75 Å². The molecule has 0 atom stereocenters. The molecule has 0 heterocycles. The molecule has 1 fully saturated rings. The van der Waals surface area contributed by atoms with Crippen molar-refractivity contribution >= 4 is 10.8 Å². The van der Waals surface area contributed by atoms with Gasteiger partial charge in [0.25, 0.3) is 0 Å². The van der Waals surface area contributed by atoms with E-state index in [1.807, 2.05) is 0 Å². The third-order valence-electron chi connectivity index (χ3n) is 4.98. The van der Waals surface area contributed by atoms with E-state index in [1.54, 1.807) is 7.11 Å². The molecule has 2 nitrogen and oxygen atoms in total. The van der Waals surface area contributed by atoms with Crippen molar-refractivity contribution in [2.45, 2.75) is 38.5 Å². The molecule has 0 unspecified atom stereocenters. The number of benzene rings is 2. The fourth-order valence-electron chi connectivity index (χ4n) is 3.76. The summed E-state index contributed by atoms with van der Waals surface area (Å²) >= 11 is 0. The van der Waals surface area contributed by atoms with E-state index >= 15 is 0 Å². The molecule has 0 bridgehead atoms. The summed E-state index contributed by atoms with van der Waals surface area (Å²) < 4.78 is 5.71. The number of ether oxygens (including phenoxy) is 1. The van der Waals surface area contributed by atoms with Crippen molar-refractivity contribution in [3.63, 3.8) is 0 Å². The first-order chi connectivity index (χ1) is 10.3. The van der Waals surface area contributed by atoms with E-state index in [-0.39, 0.29) is 12.0 Å². The van der Waals surface area contributed by atoms with Gasteiger partial charge in [0.2, 0.25) is 0 Å². The second-order valence-corrected chi connectivity index (χ2v) is 6.37. The Morgan fingerprint density at radius 1 is 1.05 bits per heavy atom. The average molecular weight is 284 g/mol. The van der Waals surface area contributed by atoms with Crippen LogP contribution in [-0.4, -0.2) is 18.8 Å². The van der Waals surface area contributed by atoms with Crippen molar-refractivity contribution in [1.29, 1.82) is 0 Å². The monoisotopic (exact) mass is 284 g/mol. The van der Waals surface area contributed by atoms with Crippen molar-refractivity contribution in [3.05, 3.63) is 42.0 Å². The molecule has 1 saturated carbocycles. The topological polar surface area (TPSA) is 29.5 Å². The van der Waals surface area contributed by atoms with Gasteiger partial charge in [-0.15, -0.1) is 0 Å². The van der Waals surface area contributed by atoms with Gasteiger partial charge in [-0.25, -0.2) is 0 Å². The van der Waals surface area contributed by atoms with Crippen LogP contribution in [0.1, 0.15) is 37.7 Å². The summed E-state index contributed by atoms with van der Waals surface area (Å²) in [4.78, 5) is 0. The summed E-state index contributed by atoms with van der Waals surface area (Å²) in [6.45, 7) is 0.281. The van der Waals surface area contributed by atoms with Crippen LogP contribution in [0, 0.1) is 5.41 Å². The van der Waals surface area contributed by atoms with E-state index in [9.17, 15) is 5.11 Å². The van der Waals surface area contributed by atoms with Gasteiger partial charge >= 0.3 is 0 Å². The van der Waals surface area contributed by atoms with Crippen LogP contribution < -0.4 is 4.74 Å². The predicted octanol–water partition coefficient (Wildman–Crippen LogP) is 4.33. The molecule has 2 aromatic rings. The Labute approximate surface area is 126 Å². The molecule has 0 amide bonds. The van der Waals surface area contributed by atoms with Crippen LogP contribution in [0.25, 0.3) is 10.8 Å². The fraction of sp³-hybridized carbons (Fsp3) is 0.474. The van der Waals surface area contributed by atoms with Crippen LogP contribution >= 0.6 is 0 Å². The second kappa shape index (κ2) is 6.07. The van der Waals surface area contributed by atoms with Gasteiger partial charge in [0, 0.05) is 12.0 Å². The Kier molecular flexibility index (Phi) is 4.16. The summed E-state index contributed by atoms with van der Waals surface area (Å²) in [5, 5.41) is 12.3. The number of fused-ring (bicyclic) bond motifs is 1. The maximum absolute atomic E-state index is 9.94. The van der Waals surface area contributed by atoms with E-state index in [4.69, 9.17) is 4.74 Å². The number of hydrogen-bond donors (Lipinski definition) is 1. The molecule has 112 valence electrons. The van der Waals surface area contributed by atoms with Crippen molar-refractivity contribution in [2.75, 3.05) is 13.7 Å². The maximum Gasteiger partial charge on any atom is 0.129 e. The molecule has 21 heavy (non-hydrogen) atoms. The van der Waals surface area contributed by atoms with Crippen LogP contribution in [0.4, 0.5) is 0 Å². The highest BCUT2D eigenvalue weighted by molar-refractivity contribution is 5.89. The van der Waals surface area contributed by atoms with Crippen molar-refractivity contribution < 1.29 is 9.84 Å². The smallest absolute Gasteiger partial charge is 0.129 e. The lowest BCUT2D eigenvalue weighted by Gasteiger charge is -2.36. The lowest BCUT2D eigenvalue weighted by molar-refractivity contribution is 0.0818. The Morgan fingerprint density at radius 3 is 2.52 bits per heavy atom. The fourth-order valence-corrected chi connectivity index (χ4v) is 3.76. The molecular formula is C19H24O2. The standard InChI is InChI=1S/C19H24O2/c1-21-18-16(10-9-15-7-3-4-8-17(15)18)13-19(14-20)11-5-2-6-12-19/h3-4,7-10,20H,2,5-6,11-14H2,1H3. The lowest BCUT2D eigenvalue weighted by Crippen LogP contribution is -2.30. The summed E-state index contributed by atoms with van der Waals surface area (Å²) in [5.74, 6) is 0.978. The average Bonchev–Trinajstić information content (AvgIpc) is 2.55. The SMILES string of the molecule is COc1c(CC2(CO)CCCCC2)ccc2ccccc12. The molecule has 0 aromatic heterocycles. The zero-order valence-electron chi connectivity index (χ0n) is 12.8. The highest BCUT2D eigenvalue weighted by Gasteiger charge is 2.32. The first kappa shape index (κ1) is 14.4. The molecule has 0 spiro atoms. The molecule has 0 radical (unpaired) electrons. The molecule has 1 aliphatic rings. The van der Waals surface area contributed by atoms with Crippen LogP contribution in [-0.2, 0) is 6.42 Å². The zero-order valence-corrected chi connectivity index (χ0v) is 12.8. The molecule has 1 aliphatic carbocycles. The Morgan fingerprint density at radius 2 is 1.81 bits per heavy atom. The third kappa shape index (κ3) is 2.77. The van der Waals surface area contributed by atoms with Gasteiger partial charge in [0.05, 0.1) is 7.11 Å². The number of methoxy groups -OCH3 is 1. The predicted molar refractivity (Wildman–Crippen MR) is 86.8 cm³/mol. The van der Waals surface area contributed by atoms with E-state index < -0.39 is 0 Å². The summed E-state index contributed by atoms with van der Waals surface area (Å²) in [6.07, 6.45) is 6.93. The number of rotatable bonds is 4. The van der Waals surface area contributed by atoms with Gasteiger partial charge in [-0.1, -0.05) is 55.7 Å². The zero-order chi connectivity index (χ0) is 14.7. The summed E-state index contributed by atoms with van der Waals surface area (Å²) in [7, 11) is 1.75. The van der Waals surface area contributed by atoms with Crippen molar-refractivity contribution in [1.82, 2.24) is 0 Å². The molecular weight excluding hydrogens is 260 g/mol. The van der Waals surface area contributed by atoms with Crippen LogP contribution in [0.2, 0.25) is 0 Å². The highest BCUT2D eigenvalue weighted by Crippen LogP contribution is 2.41. The number of hydrogen-bond acceptors (Lipinski definition) is 2. The number of aliphatic hydroxyl groups is 1. The molecule has 2 aromatic carbocycles. The second-order valence-electron chi connectivity index (χ2n) is 6.37. The van der Waals surface area contributed by atoms with Gasteiger partial charge in [-0.05, 0) is 35.6 Å². The Hall–Kier alpha value is -1.54. The minimum Gasteiger partial charge on any atom is -0.496 e. The van der Waals surface area contributed by atoms with Gasteiger partial charge < -0.3 is 9.84 Å². The normalized spacial score (nSPS) is 17.8. The highest BCUT2D eigenvalue weighted by atomic mass is 16.5. The largest absolute Gasteiger partial charge is 0.496 e. The van der Waals surface area contributed by atoms with E-state index in [0.717, 1.165) is 25.0 Å². The van der Waals surface area contributed by atoms with Gasteiger partial charge in [-0.3, -0.25) is 0 Å². The van der Waals surface area contributed by atoms with Crippen LogP contribution in [0.5, 0.6) is 5.75 Å². The van der Waals surface area contributed by atoms with Crippen LogP contribution in [0.3, 0.4) is 0 Å². The van der Waals surface area contributed by atoms with E-state index in [0.29, 0.717) is 0 Å². The summed E-state index contributed by atoms with van der Waals surface area (Å²) in [5.41, 5.74) is 1.28. The van der Waals surface area contributed by atoms with Gasteiger partial charge in [0.15, 0.2) is 0 Å². The minimum atomic E-state index is 0.0496. The third-order valence-corrected chi connectivity index (χ3v) is 4.98. The van der Waals surface area contributed by atoms with Crippen molar-refractivity contribution in [2.24, 2.45) is 5.41 Å². The minimum absolute atomic E-state index is 0.0496. The van der Waals surface area contributed by atoms with Crippen LogP contribution in [0.15, 0.2) is 36.4 Å². The number of aliphatic hydroxyl groups excluding tert-OH is 1. The molecule has 0 aliphatic heterocycles. The lowest BCUT2D eigenvalue weighted by atomic mass is 9.70. The van der Waals surface area contributed by atoms with Gasteiger partial charge in [-0.2, -0.15) is 0 Å². The Bertz CT molecular complexity index is 612. The molecule has 3 rings (SSSR count). The Balaban J connectivity index is 1.99. The molecule has 1 N–H and O–H groups in total. The van der Waals surface area contributed by atoms with E-state index in [2.05, 4.69) is 36.4 Å². The maximum atomic E-state index is 9.94. The first-order valence-electron chi connectivity index (χ1n) is 7.93. The van der Waals surface area contributed by atoms with Crippen molar-refractivity contribution in [3.8, 4) is 5.75 Å². The first-order valence-corrected chi connectivity index (χ1v) is 7.93. The van der Waals surface area contributed by atoms with E-state index in [1.165, 1.54) is 35.6 Å². The quantitative estimate of drug-likeness (QED) is 0.905. The summed E-state index contributed by atoms with van der Waals surface area (Å²) in [6, 6.07) is 12.7. The molecule has 2 heteroatoms. The molecule has 0 saturated heterocycles.